The van der Waals surface area contributed by atoms with E-state index in [0.29, 0.717) is 25.9 Å². The Morgan fingerprint density at radius 3 is 2.40 bits per heavy atom. The van der Waals surface area contributed by atoms with Crippen LogP contribution in [-0.4, -0.2) is 29.8 Å². The van der Waals surface area contributed by atoms with Crippen LogP contribution in [0.1, 0.15) is 33.6 Å². The van der Waals surface area contributed by atoms with Crippen LogP contribution in [0.5, 0.6) is 0 Å². The zero-order valence-corrected chi connectivity index (χ0v) is 17.6. The Morgan fingerprint density at radius 1 is 0.900 bits per heavy atom. The third-order valence-corrected chi connectivity index (χ3v) is 7.34. The van der Waals surface area contributed by atoms with Crippen molar-refractivity contribution in [2.75, 3.05) is 18.4 Å². The number of fused-ring (bicyclic) bond motifs is 3. The lowest BCUT2D eigenvalue weighted by Crippen LogP contribution is -2.41. The standard InChI is InChI=1S/C25H24N2O2S/c28-24(26-20-7-2-1-3-8-20)18-12-14-27(15-13-18)25(29)22-16-19-11-10-17-6-4-5-9-21(17)23(19)30-22/h1-9,16,18H,10-15H2,(H,26,28). The highest BCUT2D eigenvalue weighted by Crippen LogP contribution is 2.40. The number of aryl methyl sites for hydroxylation is 2. The lowest BCUT2D eigenvalue weighted by atomic mass is 9.91. The molecule has 0 atom stereocenters. The number of rotatable bonds is 3. The number of para-hydroxylation sites is 1. The molecule has 5 heteroatoms. The average Bonchev–Trinajstić information content (AvgIpc) is 3.24. The molecule has 1 aliphatic heterocycles. The maximum absolute atomic E-state index is 13.1. The molecule has 0 bridgehead atoms. The molecule has 1 aliphatic carbocycles. The van der Waals surface area contributed by atoms with Crippen molar-refractivity contribution in [2.45, 2.75) is 25.7 Å². The first kappa shape index (κ1) is 19.1. The van der Waals surface area contributed by atoms with E-state index in [2.05, 4.69) is 35.6 Å². The fourth-order valence-corrected chi connectivity index (χ4v) is 5.68. The molecular formula is C25H24N2O2S. The second-order valence-electron chi connectivity index (χ2n) is 8.04. The van der Waals surface area contributed by atoms with Crippen LogP contribution in [0, 0.1) is 5.92 Å². The maximum atomic E-state index is 13.1. The largest absolute Gasteiger partial charge is 0.338 e. The van der Waals surface area contributed by atoms with Crippen molar-refractivity contribution in [3.8, 4) is 10.4 Å². The number of carbonyl (C=O) groups is 2. The van der Waals surface area contributed by atoms with Gasteiger partial charge in [0.05, 0.1) is 4.88 Å². The summed E-state index contributed by atoms with van der Waals surface area (Å²) in [6, 6.07) is 20.1. The van der Waals surface area contributed by atoms with Crippen LogP contribution in [-0.2, 0) is 17.6 Å². The molecule has 4 nitrogen and oxygen atoms in total. The molecule has 2 aliphatic rings. The van der Waals surface area contributed by atoms with Gasteiger partial charge in [-0.2, -0.15) is 0 Å². The van der Waals surface area contributed by atoms with E-state index in [0.717, 1.165) is 23.4 Å². The van der Waals surface area contributed by atoms with Crippen molar-refractivity contribution in [2.24, 2.45) is 5.92 Å². The Kier molecular flexibility index (Phi) is 5.13. The van der Waals surface area contributed by atoms with Crippen LogP contribution in [0.15, 0.2) is 60.7 Å². The minimum atomic E-state index is -0.0438. The van der Waals surface area contributed by atoms with E-state index >= 15 is 0 Å². The van der Waals surface area contributed by atoms with E-state index in [4.69, 9.17) is 0 Å². The van der Waals surface area contributed by atoms with Crippen LogP contribution >= 0.6 is 11.3 Å². The number of nitrogens with zero attached hydrogens (tertiary/aromatic N) is 1. The first-order valence-corrected chi connectivity index (χ1v) is 11.4. The van der Waals surface area contributed by atoms with Crippen LogP contribution in [0.25, 0.3) is 10.4 Å². The molecule has 1 fully saturated rings. The van der Waals surface area contributed by atoms with Gasteiger partial charge in [-0.25, -0.2) is 0 Å². The van der Waals surface area contributed by atoms with Gasteiger partial charge in [-0.1, -0.05) is 42.5 Å². The van der Waals surface area contributed by atoms with Crippen molar-refractivity contribution in [1.29, 1.82) is 0 Å². The molecule has 0 spiro atoms. The predicted octanol–water partition coefficient (Wildman–Crippen LogP) is 5.00. The summed E-state index contributed by atoms with van der Waals surface area (Å²) < 4.78 is 0. The molecule has 2 amide bonds. The summed E-state index contributed by atoms with van der Waals surface area (Å²) >= 11 is 1.62. The zero-order valence-electron chi connectivity index (χ0n) is 16.8. The minimum absolute atomic E-state index is 0.0438. The molecule has 2 aromatic carbocycles. The number of hydrogen-bond acceptors (Lipinski definition) is 3. The summed E-state index contributed by atoms with van der Waals surface area (Å²) in [5.74, 6) is 0.114. The smallest absolute Gasteiger partial charge is 0.263 e. The molecule has 5 rings (SSSR count). The quantitative estimate of drug-likeness (QED) is 0.653. The summed E-state index contributed by atoms with van der Waals surface area (Å²) in [6.45, 7) is 1.26. The van der Waals surface area contributed by atoms with Gasteiger partial charge in [0.2, 0.25) is 5.91 Å². The van der Waals surface area contributed by atoms with Gasteiger partial charge in [-0.3, -0.25) is 9.59 Å². The summed E-state index contributed by atoms with van der Waals surface area (Å²) in [5.41, 5.74) is 4.76. The average molecular weight is 417 g/mol. The van der Waals surface area contributed by atoms with Gasteiger partial charge < -0.3 is 10.2 Å². The number of piperidine rings is 1. The van der Waals surface area contributed by atoms with Gasteiger partial charge >= 0.3 is 0 Å². The number of benzene rings is 2. The summed E-state index contributed by atoms with van der Waals surface area (Å²) in [4.78, 5) is 29.7. The lowest BCUT2D eigenvalue weighted by molar-refractivity contribution is -0.121. The number of carbonyl (C=O) groups excluding carboxylic acids is 2. The van der Waals surface area contributed by atoms with Crippen molar-refractivity contribution in [3.63, 3.8) is 0 Å². The van der Waals surface area contributed by atoms with Crippen molar-refractivity contribution in [3.05, 3.63) is 76.7 Å². The third-order valence-electron chi connectivity index (χ3n) is 6.14. The Labute approximate surface area is 180 Å². The highest BCUT2D eigenvalue weighted by molar-refractivity contribution is 7.17. The molecule has 30 heavy (non-hydrogen) atoms. The summed E-state index contributed by atoms with van der Waals surface area (Å²) in [7, 11) is 0. The first-order valence-electron chi connectivity index (χ1n) is 10.6. The van der Waals surface area contributed by atoms with Gasteiger partial charge in [0.1, 0.15) is 0 Å². The summed E-state index contributed by atoms with van der Waals surface area (Å²) in [6.07, 6.45) is 3.45. The Balaban J connectivity index is 1.24. The fraction of sp³-hybridized carbons (Fsp3) is 0.280. The molecule has 1 aromatic heterocycles. The van der Waals surface area contributed by atoms with Gasteiger partial charge in [0.15, 0.2) is 0 Å². The highest BCUT2D eigenvalue weighted by atomic mass is 32.1. The van der Waals surface area contributed by atoms with E-state index in [1.54, 1.807) is 11.3 Å². The molecule has 1 saturated heterocycles. The maximum Gasteiger partial charge on any atom is 0.263 e. The minimum Gasteiger partial charge on any atom is -0.338 e. The number of nitrogens with one attached hydrogen (secondary N) is 1. The molecule has 152 valence electrons. The zero-order chi connectivity index (χ0) is 20.5. The van der Waals surface area contributed by atoms with Crippen LogP contribution < -0.4 is 5.32 Å². The molecule has 2 heterocycles. The molecular weight excluding hydrogens is 392 g/mol. The van der Waals surface area contributed by atoms with E-state index in [9.17, 15) is 9.59 Å². The third kappa shape index (κ3) is 3.65. The predicted molar refractivity (Wildman–Crippen MR) is 121 cm³/mol. The Bertz CT molecular complexity index is 1080. The van der Waals surface area contributed by atoms with Crippen molar-refractivity contribution >= 4 is 28.8 Å². The second-order valence-corrected chi connectivity index (χ2v) is 9.10. The van der Waals surface area contributed by atoms with Gasteiger partial charge in [0.25, 0.3) is 5.91 Å². The number of likely N-dealkylation sites (tertiary alicyclic amines) is 1. The van der Waals surface area contributed by atoms with E-state index in [1.807, 2.05) is 35.2 Å². The first-order chi connectivity index (χ1) is 14.7. The molecule has 0 saturated carbocycles. The normalized spacial score (nSPS) is 15.9. The van der Waals surface area contributed by atoms with Crippen LogP contribution in [0.2, 0.25) is 0 Å². The van der Waals surface area contributed by atoms with Crippen LogP contribution in [0.4, 0.5) is 5.69 Å². The topological polar surface area (TPSA) is 49.4 Å². The number of amides is 2. The monoisotopic (exact) mass is 416 g/mol. The molecule has 0 radical (unpaired) electrons. The van der Waals surface area contributed by atoms with Crippen molar-refractivity contribution in [1.82, 2.24) is 4.90 Å². The molecule has 0 unspecified atom stereocenters. The van der Waals surface area contributed by atoms with Gasteiger partial charge in [-0.05, 0) is 60.6 Å². The van der Waals surface area contributed by atoms with Gasteiger partial charge in [0, 0.05) is 29.6 Å². The fourth-order valence-electron chi connectivity index (χ4n) is 4.44. The Hall–Kier alpha value is -2.92. The van der Waals surface area contributed by atoms with E-state index < -0.39 is 0 Å². The van der Waals surface area contributed by atoms with E-state index in [-0.39, 0.29) is 17.7 Å². The van der Waals surface area contributed by atoms with Crippen LogP contribution in [0.3, 0.4) is 0 Å². The SMILES string of the molecule is O=C(Nc1ccccc1)C1CCN(C(=O)c2cc3c(s2)-c2ccccc2CC3)CC1. The number of anilines is 1. The van der Waals surface area contributed by atoms with Gasteiger partial charge in [-0.15, -0.1) is 11.3 Å². The summed E-state index contributed by atoms with van der Waals surface area (Å²) in [5, 5.41) is 2.99. The van der Waals surface area contributed by atoms with E-state index in [1.165, 1.54) is 21.6 Å². The second kappa shape index (κ2) is 8.07. The molecule has 3 aromatic rings. The molecule has 1 N–H and O–H groups in total. The number of hydrogen-bond donors (Lipinski definition) is 1. The highest BCUT2D eigenvalue weighted by Gasteiger charge is 2.29. The number of thiophene rings is 1. The Morgan fingerprint density at radius 2 is 1.60 bits per heavy atom. The lowest BCUT2D eigenvalue weighted by Gasteiger charge is -2.31. The van der Waals surface area contributed by atoms with Crippen molar-refractivity contribution < 1.29 is 9.59 Å².